The van der Waals surface area contributed by atoms with Crippen LogP contribution in [0.25, 0.3) is 10.9 Å². The summed E-state index contributed by atoms with van der Waals surface area (Å²) in [6.45, 7) is 5.05. The third kappa shape index (κ3) is 3.18. The van der Waals surface area contributed by atoms with E-state index in [4.69, 9.17) is 0 Å². The molecule has 3 nitrogen and oxygen atoms in total. The zero-order chi connectivity index (χ0) is 14.8. The molecule has 2 N–H and O–H groups in total. The summed E-state index contributed by atoms with van der Waals surface area (Å²) in [4.78, 5) is 15.2. The quantitative estimate of drug-likeness (QED) is 0.906. The van der Waals surface area contributed by atoms with Crippen molar-refractivity contribution in [2.45, 2.75) is 52.1 Å². The van der Waals surface area contributed by atoms with E-state index < -0.39 is 0 Å². The molecular weight excluding hydrogens is 260 g/mol. The molecule has 3 rings (SSSR count). The van der Waals surface area contributed by atoms with E-state index in [0.717, 1.165) is 16.5 Å². The monoisotopic (exact) mass is 284 g/mol. The number of fused-ring (bicyclic) bond motifs is 1. The van der Waals surface area contributed by atoms with Gasteiger partial charge in [0.05, 0.1) is 0 Å². The first kappa shape index (κ1) is 14.3. The van der Waals surface area contributed by atoms with Crippen LogP contribution in [0.5, 0.6) is 0 Å². The number of aryl methyl sites for hydroxylation is 1. The molecule has 3 heteroatoms. The molecule has 1 fully saturated rings. The highest BCUT2D eigenvalue weighted by molar-refractivity contribution is 5.79. The van der Waals surface area contributed by atoms with Gasteiger partial charge in [0.2, 0.25) is 0 Å². The van der Waals surface area contributed by atoms with Gasteiger partial charge in [0.25, 0.3) is 5.56 Å². The predicted molar refractivity (Wildman–Crippen MR) is 87.6 cm³/mol. The van der Waals surface area contributed by atoms with Crippen LogP contribution in [0.3, 0.4) is 0 Å². The predicted octanol–water partition coefficient (Wildman–Crippen LogP) is 3.50. The number of rotatable bonds is 3. The molecule has 2 aromatic rings. The van der Waals surface area contributed by atoms with E-state index >= 15 is 0 Å². The molecule has 0 aliphatic heterocycles. The van der Waals surface area contributed by atoms with Gasteiger partial charge in [0.1, 0.15) is 0 Å². The number of H-pyrrole nitrogens is 1. The van der Waals surface area contributed by atoms with E-state index in [1.54, 1.807) is 0 Å². The Bertz CT molecular complexity index is 689. The zero-order valence-corrected chi connectivity index (χ0v) is 12.9. The Morgan fingerprint density at radius 1 is 1.24 bits per heavy atom. The zero-order valence-electron chi connectivity index (χ0n) is 12.9. The third-order valence-electron chi connectivity index (χ3n) is 4.74. The molecule has 21 heavy (non-hydrogen) atoms. The van der Waals surface area contributed by atoms with Crippen molar-refractivity contribution in [3.8, 4) is 0 Å². The van der Waals surface area contributed by atoms with E-state index in [2.05, 4.69) is 30.2 Å². The van der Waals surface area contributed by atoms with E-state index in [9.17, 15) is 4.79 Å². The molecule has 1 aromatic heterocycles. The number of benzene rings is 1. The number of aromatic nitrogens is 1. The van der Waals surface area contributed by atoms with E-state index in [0.29, 0.717) is 18.5 Å². The fourth-order valence-electron chi connectivity index (χ4n) is 3.36. The summed E-state index contributed by atoms with van der Waals surface area (Å²) >= 11 is 0. The van der Waals surface area contributed by atoms with Crippen molar-refractivity contribution in [2.75, 3.05) is 0 Å². The van der Waals surface area contributed by atoms with Gasteiger partial charge in [-0.05, 0) is 49.3 Å². The third-order valence-corrected chi connectivity index (χ3v) is 4.74. The van der Waals surface area contributed by atoms with Gasteiger partial charge in [-0.2, -0.15) is 0 Å². The Labute approximate surface area is 125 Å². The van der Waals surface area contributed by atoms with Gasteiger partial charge in [-0.3, -0.25) is 4.79 Å². The van der Waals surface area contributed by atoms with E-state index in [1.807, 2.05) is 18.2 Å². The largest absolute Gasteiger partial charge is 0.322 e. The summed E-state index contributed by atoms with van der Waals surface area (Å²) in [5.74, 6) is 0.709. The lowest BCUT2D eigenvalue weighted by atomic mass is 9.86. The van der Waals surface area contributed by atoms with Gasteiger partial charge in [0, 0.05) is 23.7 Å². The summed E-state index contributed by atoms with van der Waals surface area (Å²) in [7, 11) is 0. The fourth-order valence-corrected chi connectivity index (χ4v) is 3.36. The molecule has 2 unspecified atom stereocenters. The van der Waals surface area contributed by atoms with Crippen molar-refractivity contribution in [1.82, 2.24) is 10.3 Å². The van der Waals surface area contributed by atoms with Crippen LogP contribution in [-0.4, -0.2) is 11.0 Å². The second-order valence-corrected chi connectivity index (χ2v) is 6.46. The first-order valence-electron chi connectivity index (χ1n) is 7.99. The number of hydrogen-bond acceptors (Lipinski definition) is 2. The Kier molecular flexibility index (Phi) is 4.11. The second-order valence-electron chi connectivity index (χ2n) is 6.46. The minimum Gasteiger partial charge on any atom is -0.322 e. The minimum atomic E-state index is 0.0299. The number of aromatic amines is 1. The number of nitrogens with one attached hydrogen (secondary N) is 2. The Morgan fingerprint density at radius 2 is 2.05 bits per heavy atom. The summed E-state index contributed by atoms with van der Waals surface area (Å²) in [6.07, 6.45) is 5.17. The van der Waals surface area contributed by atoms with Crippen LogP contribution in [0.1, 0.15) is 43.7 Å². The molecular formula is C18H24N2O. The molecule has 1 aromatic carbocycles. The Morgan fingerprint density at radius 3 is 2.86 bits per heavy atom. The van der Waals surface area contributed by atoms with Gasteiger partial charge < -0.3 is 10.3 Å². The molecule has 1 heterocycles. The lowest BCUT2D eigenvalue weighted by Crippen LogP contribution is -2.37. The second kappa shape index (κ2) is 6.02. The van der Waals surface area contributed by atoms with Crippen LogP contribution in [0, 0.1) is 12.8 Å². The van der Waals surface area contributed by atoms with Crippen molar-refractivity contribution in [3.63, 3.8) is 0 Å². The van der Waals surface area contributed by atoms with Gasteiger partial charge in [0.15, 0.2) is 0 Å². The summed E-state index contributed by atoms with van der Waals surface area (Å²) in [5.41, 5.74) is 3.00. The summed E-state index contributed by atoms with van der Waals surface area (Å²) in [5, 5.41) is 4.70. The van der Waals surface area contributed by atoms with E-state index in [-0.39, 0.29) is 5.56 Å². The molecule has 0 saturated heterocycles. The SMILES string of the molecule is Cc1ccc2[nH]c(=O)c(CNC3CCCCC3C)cc2c1. The van der Waals surface area contributed by atoms with Crippen LogP contribution in [0.2, 0.25) is 0 Å². The molecule has 0 radical (unpaired) electrons. The Balaban J connectivity index is 1.80. The highest BCUT2D eigenvalue weighted by atomic mass is 16.1. The molecule has 2 atom stereocenters. The first-order chi connectivity index (χ1) is 10.1. The summed E-state index contributed by atoms with van der Waals surface area (Å²) < 4.78 is 0. The lowest BCUT2D eigenvalue weighted by Gasteiger charge is -2.29. The van der Waals surface area contributed by atoms with Crippen LogP contribution >= 0.6 is 0 Å². The van der Waals surface area contributed by atoms with Gasteiger partial charge in [-0.25, -0.2) is 0 Å². The number of pyridine rings is 1. The maximum Gasteiger partial charge on any atom is 0.252 e. The smallest absolute Gasteiger partial charge is 0.252 e. The maximum absolute atomic E-state index is 12.2. The molecule has 0 amide bonds. The molecule has 1 aliphatic carbocycles. The van der Waals surface area contributed by atoms with Crippen LogP contribution in [0.4, 0.5) is 0 Å². The number of hydrogen-bond donors (Lipinski definition) is 2. The first-order valence-corrected chi connectivity index (χ1v) is 7.99. The van der Waals surface area contributed by atoms with Crippen molar-refractivity contribution in [1.29, 1.82) is 0 Å². The molecule has 1 saturated carbocycles. The average molecular weight is 284 g/mol. The topological polar surface area (TPSA) is 44.9 Å². The van der Waals surface area contributed by atoms with Crippen molar-refractivity contribution in [3.05, 3.63) is 45.7 Å². The fraction of sp³-hybridized carbons (Fsp3) is 0.500. The maximum atomic E-state index is 12.2. The molecule has 0 bridgehead atoms. The highest BCUT2D eigenvalue weighted by Gasteiger charge is 2.20. The molecule has 0 spiro atoms. The van der Waals surface area contributed by atoms with Gasteiger partial charge >= 0.3 is 0 Å². The lowest BCUT2D eigenvalue weighted by molar-refractivity contribution is 0.279. The van der Waals surface area contributed by atoms with E-state index in [1.165, 1.54) is 31.2 Å². The van der Waals surface area contributed by atoms with Crippen LogP contribution in [-0.2, 0) is 6.54 Å². The molecule has 1 aliphatic rings. The normalized spacial score (nSPS) is 22.6. The van der Waals surface area contributed by atoms with Crippen LogP contribution in [0.15, 0.2) is 29.1 Å². The van der Waals surface area contributed by atoms with Crippen molar-refractivity contribution in [2.24, 2.45) is 5.92 Å². The minimum absolute atomic E-state index is 0.0299. The van der Waals surface area contributed by atoms with Crippen molar-refractivity contribution >= 4 is 10.9 Å². The Hall–Kier alpha value is -1.61. The average Bonchev–Trinajstić information content (AvgIpc) is 2.47. The van der Waals surface area contributed by atoms with Crippen molar-refractivity contribution < 1.29 is 0 Å². The highest BCUT2D eigenvalue weighted by Crippen LogP contribution is 2.24. The summed E-state index contributed by atoms with van der Waals surface area (Å²) in [6, 6.07) is 8.71. The van der Waals surface area contributed by atoms with Gasteiger partial charge in [-0.1, -0.05) is 31.4 Å². The van der Waals surface area contributed by atoms with Gasteiger partial charge in [-0.15, -0.1) is 0 Å². The molecule has 112 valence electrons. The standard InChI is InChI=1S/C18H24N2O/c1-12-7-8-17-14(9-12)10-15(18(21)20-17)11-19-16-6-4-3-5-13(16)2/h7-10,13,16,19H,3-6,11H2,1-2H3,(H,20,21). The van der Waals surface area contributed by atoms with Crippen LogP contribution < -0.4 is 10.9 Å².